The molecule has 0 aliphatic rings. The van der Waals surface area contributed by atoms with Crippen molar-refractivity contribution in [3.63, 3.8) is 0 Å². The first kappa shape index (κ1) is 30.1. The van der Waals surface area contributed by atoms with E-state index in [0.29, 0.717) is 6.61 Å². The Morgan fingerprint density at radius 3 is 1.55 bits per heavy atom. The Hall–Kier alpha value is -0.860. The number of hydrogen-bond acceptors (Lipinski definition) is 3. The number of hydrogen-bond donors (Lipinski definition) is 0. The summed E-state index contributed by atoms with van der Waals surface area (Å²) in [4.78, 5) is 22.9. The molecule has 0 rings (SSSR count). The van der Waals surface area contributed by atoms with Crippen LogP contribution in [0.5, 0.6) is 0 Å². The highest BCUT2D eigenvalue weighted by atomic mass is 16.5. The molecule has 0 aliphatic heterocycles. The average molecular weight is 439 g/mol. The minimum atomic E-state index is 0.0698. The third-order valence-electron chi connectivity index (χ3n) is 6.36. The minimum Gasteiger partial charge on any atom is -0.465 e. The van der Waals surface area contributed by atoms with Gasteiger partial charge in [-0.2, -0.15) is 0 Å². The van der Waals surface area contributed by atoms with Crippen molar-refractivity contribution in [3.8, 4) is 0 Å². The van der Waals surface area contributed by atoms with E-state index in [-0.39, 0.29) is 11.9 Å². The zero-order valence-corrected chi connectivity index (χ0v) is 21.1. The zero-order valence-electron chi connectivity index (χ0n) is 21.1. The van der Waals surface area contributed by atoms with Crippen LogP contribution >= 0.6 is 0 Å². The van der Waals surface area contributed by atoms with Gasteiger partial charge in [-0.25, -0.2) is 0 Å². The number of ether oxygens (including phenoxy) is 1. The van der Waals surface area contributed by atoms with Crippen molar-refractivity contribution in [2.75, 3.05) is 6.61 Å². The van der Waals surface area contributed by atoms with Crippen molar-refractivity contribution in [1.29, 1.82) is 0 Å². The normalized spacial score (nSPS) is 12.1. The SMILES string of the molecule is CCCCCCCCC(CCCCCC)C(=O)OCCCCCCCCCCCC=O. The summed E-state index contributed by atoms with van der Waals surface area (Å²) in [6.45, 7) is 5.09. The number of carbonyl (C=O) groups is 2. The van der Waals surface area contributed by atoms with Gasteiger partial charge in [-0.1, -0.05) is 123 Å². The van der Waals surface area contributed by atoms with E-state index < -0.39 is 0 Å². The zero-order chi connectivity index (χ0) is 22.8. The first-order valence-corrected chi connectivity index (χ1v) is 13.9. The van der Waals surface area contributed by atoms with Gasteiger partial charge in [0.25, 0.3) is 0 Å². The molecule has 0 aromatic heterocycles. The second-order valence-corrected chi connectivity index (χ2v) is 9.41. The summed E-state index contributed by atoms with van der Waals surface area (Å²) < 4.78 is 5.67. The van der Waals surface area contributed by atoms with Crippen LogP contribution in [-0.2, 0) is 14.3 Å². The quantitative estimate of drug-likeness (QED) is 0.0811. The van der Waals surface area contributed by atoms with Crippen LogP contribution in [0.15, 0.2) is 0 Å². The summed E-state index contributed by atoms with van der Waals surface area (Å²) in [5.74, 6) is 0.197. The second kappa shape index (κ2) is 25.4. The molecule has 1 atom stereocenters. The van der Waals surface area contributed by atoms with Crippen molar-refractivity contribution in [2.45, 2.75) is 155 Å². The van der Waals surface area contributed by atoms with Crippen LogP contribution in [0.3, 0.4) is 0 Å². The maximum absolute atomic E-state index is 12.6. The van der Waals surface area contributed by atoms with E-state index in [4.69, 9.17) is 4.74 Å². The van der Waals surface area contributed by atoms with Gasteiger partial charge in [0, 0.05) is 6.42 Å². The number of esters is 1. The molecule has 0 aromatic carbocycles. The third-order valence-corrected chi connectivity index (χ3v) is 6.36. The van der Waals surface area contributed by atoms with Crippen molar-refractivity contribution >= 4 is 12.3 Å². The van der Waals surface area contributed by atoms with Crippen molar-refractivity contribution in [3.05, 3.63) is 0 Å². The molecular formula is C28H54O3. The molecule has 0 bridgehead atoms. The highest BCUT2D eigenvalue weighted by Crippen LogP contribution is 2.21. The third kappa shape index (κ3) is 22.1. The predicted molar refractivity (Wildman–Crippen MR) is 133 cm³/mol. The van der Waals surface area contributed by atoms with Crippen LogP contribution in [0, 0.1) is 5.92 Å². The van der Waals surface area contributed by atoms with E-state index in [1.165, 1.54) is 103 Å². The lowest BCUT2D eigenvalue weighted by molar-refractivity contribution is -0.149. The van der Waals surface area contributed by atoms with Crippen molar-refractivity contribution in [1.82, 2.24) is 0 Å². The summed E-state index contributed by atoms with van der Waals surface area (Å²) in [6.07, 6.45) is 27.2. The van der Waals surface area contributed by atoms with Crippen molar-refractivity contribution in [2.24, 2.45) is 5.92 Å². The Balaban J connectivity index is 3.81. The Morgan fingerprint density at radius 2 is 1.03 bits per heavy atom. The lowest BCUT2D eigenvalue weighted by Crippen LogP contribution is -2.18. The van der Waals surface area contributed by atoms with Gasteiger partial charge >= 0.3 is 5.97 Å². The smallest absolute Gasteiger partial charge is 0.308 e. The molecule has 31 heavy (non-hydrogen) atoms. The van der Waals surface area contributed by atoms with Gasteiger partial charge in [0.15, 0.2) is 0 Å². The topological polar surface area (TPSA) is 43.4 Å². The van der Waals surface area contributed by atoms with E-state index in [0.717, 1.165) is 44.8 Å². The van der Waals surface area contributed by atoms with E-state index >= 15 is 0 Å². The van der Waals surface area contributed by atoms with Crippen LogP contribution < -0.4 is 0 Å². The molecule has 0 radical (unpaired) electrons. The largest absolute Gasteiger partial charge is 0.465 e. The molecule has 0 heterocycles. The number of aldehydes is 1. The second-order valence-electron chi connectivity index (χ2n) is 9.41. The fourth-order valence-corrected chi connectivity index (χ4v) is 4.23. The van der Waals surface area contributed by atoms with E-state index in [9.17, 15) is 9.59 Å². The van der Waals surface area contributed by atoms with Crippen LogP contribution in [0.25, 0.3) is 0 Å². The molecular weight excluding hydrogens is 384 g/mol. The summed E-state index contributed by atoms with van der Waals surface area (Å²) in [6, 6.07) is 0. The van der Waals surface area contributed by atoms with Crippen molar-refractivity contribution < 1.29 is 14.3 Å². The van der Waals surface area contributed by atoms with Crippen LogP contribution in [0.4, 0.5) is 0 Å². The van der Waals surface area contributed by atoms with Gasteiger partial charge in [-0.15, -0.1) is 0 Å². The number of carbonyl (C=O) groups excluding carboxylic acids is 2. The number of rotatable bonds is 25. The first-order chi connectivity index (χ1) is 15.3. The highest BCUT2D eigenvalue weighted by molar-refractivity contribution is 5.72. The van der Waals surface area contributed by atoms with Crippen LogP contribution in [0.2, 0.25) is 0 Å². The van der Waals surface area contributed by atoms with Gasteiger partial charge in [-0.3, -0.25) is 4.79 Å². The molecule has 0 aromatic rings. The molecule has 0 fully saturated rings. The molecule has 0 saturated heterocycles. The molecule has 0 aliphatic carbocycles. The molecule has 184 valence electrons. The first-order valence-electron chi connectivity index (χ1n) is 13.9. The molecule has 0 spiro atoms. The summed E-state index contributed by atoms with van der Waals surface area (Å²) in [7, 11) is 0. The van der Waals surface area contributed by atoms with Gasteiger partial charge in [-0.05, 0) is 25.7 Å². The summed E-state index contributed by atoms with van der Waals surface area (Å²) in [5, 5.41) is 0. The fourth-order valence-electron chi connectivity index (χ4n) is 4.23. The summed E-state index contributed by atoms with van der Waals surface area (Å²) >= 11 is 0. The average Bonchev–Trinajstić information content (AvgIpc) is 2.78. The van der Waals surface area contributed by atoms with Gasteiger partial charge in [0.2, 0.25) is 0 Å². The van der Waals surface area contributed by atoms with Crippen LogP contribution in [-0.4, -0.2) is 18.9 Å². The maximum atomic E-state index is 12.6. The maximum Gasteiger partial charge on any atom is 0.308 e. The monoisotopic (exact) mass is 438 g/mol. The molecule has 1 unspecified atom stereocenters. The summed E-state index contributed by atoms with van der Waals surface area (Å²) in [5.41, 5.74) is 0. The number of unbranched alkanes of at least 4 members (excludes halogenated alkanes) is 17. The predicted octanol–water partition coefficient (Wildman–Crippen LogP) is 8.97. The Morgan fingerprint density at radius 1 is 0.613 bits per heavy atom. The van der Waals surface area contributed by atoms with Gasteiger partial charge in [0.1, 0.15) is 6.29 Å². The lowest BCUT2D eigenvalue weighted by Gasteiger charge is -2.16. The van der Waals surface area contributed by atoms with Gasteiger partial charge in [0.05, 0.1) is 12.5 Å². The molecule has 0 N–H and O–H groups in total. The lowest BCUT2D eigenvalue weighted by atomic mass is 9.94. The standard InChI is InChI=1S/C28H54O3/c1-3-5-7-9-16-20-24-27(23-19-8-6-4-2)28(30)31-26-22-18-15-13-11-10-12-14-17-21-25-29/h25,27H,3-24,26H2,1-2H3. The van der Waals surface area contributed by atoms with Gasteiger partial charge < -0.3 is 9.53 Å². The van der Waals surface area contributed by atoms with E-state index in [1.54, 1.807) is 0 Å². The Bertz CT molecular complexity index is 380. The van der Waals surface area contributed by atoms with Crippen LogP contribution in [0.1, 0.15) is 155 Å². The van der Waals surface area contributed by atoms with E-state index in [1.807, 2.05) is 0 Å². The Kier molecular flexibility index (Phi) is 24.7. The Labute approximate surface area is 194 Å². The van der Waals surface area contributed by atoms with E-state index in [2.05, 4.69) is 13.8 Å². The fraction of sp³-hybridized carbons (Fsp3) is 0.929. The molecule has 0 amide bonds. The molecule has 0 saturated carbocycles. The minimum absolute atomic E-state index is 0.0698. The highest BCUT2D eigenvalue weighted by Gasteiger charge is 2.19. The molecule has 3 heteroatoms. The molecule has 3 nitrogen and oxygen atoms in total.